The zero-order chi connectivity index (χ0) is 20.7. The number of likely N-dealkylation sites (N-methyl/N-ethyl adjacent to an activating group) is 1. The molecule has 0 atom stereocenters. The van der Waals surface area contributed by atoms with Gasteiger partial charge < -0.3 is 14.4 Å². The molecular weight excluding hydrogens is 434 g/mol. The Morgan fingerprint density at radius 3 is 2.58 bits per heavy atom. The molecule has 31 heavy (non-hydrogen) atoms. The number of halogens is 1. The topological polar surface area (TPSA) is 54.9 Å². The summed E-state index contributed by atoms with van der Waals surface area (Å²) in [6.45, 7) is 1.50. The van der Waals surface area contributed by atoms with Crippen molar-refractivity contribution in [2.24, 2.45) is 0 Å². The first kappa shape index (κ1) is 21.4. The van der Waals surface area contributed by atoms with Gasteiger partial charge in [0.25, 0.3) is 5.91 Å². The van der Waals surface area contributed by atoms with Gasteiger partial charge in [-0.05, 0) is 30.9 Å². The average molecular weight is 456 g/mol. The molecule has 0 saturated heterocycles. The van der Waals surface area contributed by atoms with Crippen molar-refractivity contribution in [3.8, 4) is 11.5 Å². The van der Waals surface area contributed by atoms with Crippen molar-refractivity contribution in [2.45, 2.75) is 0 Å². The van der Waals surface area contributed by atoms with Crippen LogP contribution in [0.25, 0.3) is 21.0 Å². The molecule has 0 fully saturated rings. The van der Waals surface area contributed by atoms with Crippen molar-refractivity contribution in [1.29, 1.82) is 0 Å². The summed E-state index contributed by atoms with van der Waals surface area (Å²) in [6, 6.07) is 17.6. The van der Waals surface area contributed by atoms with Crippen LogP contribution in [0.1, 0.15) is 10.4 Å². The second-order valence-electron chi connectivity index (χ2n) is 7.46. The molecular formula is C23H22ClN3O3S. The molecule has 160 valence electrons. The van der Waals surface area contributed by atoms with Gasteiger partial charge >= 0.3 is 0 Å². The molecule has 1 aromatic heterocycles. The fraction of sp³-hybridized carbons (Fsp3) is 0.217. The van der Waals surface area contributed by atoms with Crippen molar-refractivity contribution in [1.82, 2.24) is 9.88 Å². The third kappa shape index (κ3) is 4.04. The predicted molar refractivity (Wildman–Crippen MR) is 127 cm³/mol. The van der Waals surface area contributed by atoms with E-state index in [0.29, 0.717) is 23.0 Å². The number of fused-ring (bicyclic) bond motifs is 3. The van der Waals surface area contributed by atoms with Crippen LogP contribution in [0, 0.1) is 0 Å². The van der Waals surface area contributed by atoms with Gasteiger partial charge in [-0.2, -0.15) is 0 Å². The molecule has 0 spiro atoms. The van der Waals surface area contributed by atoms with Crippen LogP contribution in [-0.4, -0.2) is 49.8 Å². The highest BCUT2D eigenvalue weighted by Crippen LogP contribution is 2.40. The second-order valence-corrected chi connectivity index (χ2v) is 8.47. The van der Waals surface area contributed by atoms with Crippen molar-refractivity contribution >= 4 is 55.8 Å². The van der Waals surface area contributed by atoms with Crippen molar-refractivity contribution in [3.63, 3.8) is 0 Å². The van der Waals surface area contributed by atoms with E-state index < -0.39 is 0 Å². The summed E-state index contributed by atoms with van der Waals surface area (Å²) in [5, 5.41) is 2.67. The van der Waals surface area contributed by atoms with E-state index in [1.54, 1.807) is 4.90 Å². The molecule has 3 aromatic carbocycles. The molecule has 1 aliphatic rings. The van der Waals surface area contributed by atoms with Crippen molar-refractivity contribution < 1.29 is 14.3 Å². The molecule has 0 unspecified atom stereocenters. The first-order valence-corrected chi connectivity index (χ1v) is 10.6. The minimum absolute atomic E-state index is 0. The van der Waals surface area contributed by atoms with Crippen LogP contribution in [0.4, 0.5) is 5.13 Å². The van der Waals surface area contributed by atoms with Crippen LogP contribution >= 0.6 is 23.7 Å². The first-order chi connectivity index (χ1) is 14.6. The van der Waals surface area contributed by atoms with E-state index in [0.717, 1.165) is 33.3 Å². The predicted octanol–water partition coefficient (Wildman–Crippen LogP) is 4.81. The summed E-state index contributed by atoms with van der Waals surface area (Å²) in [6.07, 6.45) is 0. The quantitative estimate of drug-likeness (QED) is 0.432. The van der Waals surface area contributed by atoms with E-state index >= 15 is 0 Å². The lowest BCUT2D eigenvalue weighted by atomic mass is 10.0. The zero-order valence-corrected chi connectivity index (χ0v) is 18.8. The van der Waals surface area contributed by atoms with Gasteiger partial charge in [-0.1, -0.05) is 47.7 Å². The smallest absolute Gasteiger partial charge is 0.260 e. The normalized spacial score (nSPS) is 12.4. The summed E-state index contributed by atoms with van der Waals surface area (Å²) >= 11 is 1.49. The van der Waals surface area contributed by atoms with Crippen molar-refractivity contribution in [2.75, 3.05) is 38.9 Å². The number of nitrogens with zero attached hydrogens (tertiary/aromatic N) is 3. The van der Waals surface area contributed by atoms with Crippen LogP contribution in [0.2, 0.25) is 0 Å². The lowest BCUT2D eigenvalue weighted by molar-refractivity contribution is 0.0987. The molecule has 0 saturated carbocycles. The van der Waals surface area contributed by atoms with E-state index in [4.69, 9.17) is 14.5 Å². The van der Waals surface area contributed by atoms with Gasteiger partial charge in [0.2, 0.25) is 6.79 Å². The molecule has 4 aromatic rings. The Bertz CT molecular complexity index is 1210. The third-order valence-corrected chi connectivity index (χ3v) is 6.18. The van der Waals surface area contributed by atoms with E-state index in [1.165, 1.54) is 11.3 Å². The molecule has 5 rings (SSSR count). The van der Waals surface area contributed by atoms with Crippen molar-refractivity contribution in [3.05, 3.63) is 60.2 Å². The minimum Gasteiger partial charge on any atom is -0.454 e. The summed E-state index contributed by atoms with van der Waals surface area (Å²) in [4.78, 5) is 22.3. The Balaban J connectivity index is 0.00000231. The highest BCUT2D eigenvalue weighted by atomic mass is 35.5. The third-order valence-electron chi connectivity index (χ3n) is 5.14. The Morgan fingerprint density at radius 2 is 1.77 bits per heavy atom. The molecule has 8 heteroatoms. The van der Waals surface area contributed by atoms with Crippen LogP contribution in [0.5, 0.6) is 11.5 Å². The van der Waals surface area contributed by atoms with Crippen LogP contribution < -0.4 is 14.4 Å². The van der Waals surface area contributed by atoms with E-state index in [2.05, 4.69) is 4.90 Å². The molecule has 1 aliphatic heterocycles. The Hall–Kier alpha value is -2.87. The van der Waals surface area contributed by atoms with Crippen LogP contribution in [0.3, 0.4) is 0 Å². The van der Waals surface area contributed by atoms with Gasteiger partial charge in [0.05, 0.1) is 10.2 Å². The summed E-state index contributed by atoms with van der Waals surface area (Å²) in [5.74, 6) is 1.37. The number of anilines is 1. The second kappa shape index (κ2) is 8.70. The number of aromatic nitrogens is 1. The number of hydrogen-bond acceptors (Lipinski definition) is 6. The van der Waals surface area contributed by atoms with Gasteiger partial charge in [0, 0.05) is 30.8 Å². The van der Waals surface area contributed by atoms with Gasteiger partial charge in [-0.25, -0.2) is 4.98 Å². The zero-order valence-electron chi connectivity index (χ0n) is 17.2. The minimum atomic E-state index is -0.0484. The Kier molecular flexibility index (Phi) is 6.00. The number of carbonyl (C=O) groups excluding carboxylic acids is 1. The van der Waals surface area contributed by atoms with E-state index in [9.17, 15) is 4.79 Å². The molecule has 0 aliphatic carbocycles. The van der Waals surface area contributed by atoms with Gasteiger partial charge in [0.15, 0.2) is 16.6 Å². The number of thiazole rings is 1. The molecule has 0 radical (unpaired) electrons. The molecule has 6 nitrogen and oxygen atoms in total. The first-order valence-electron chi connectivity index (χ1n) is 9.75. The molecule has 0 N–H and O–H groups in total. The van der Waals surface area contributed by atoms with E-state index in [-0.39, 0.29) is 25.1 Å². The number of hydrogen-bond donors (Lipinski definition) is 0. The average Bonchev–Trinajstić information content (AvgIpc) is 3.37. The number of rotatable bonds is 5. The van der Waals surface area contributed by atoms with Crippen LogP contribution in [0.15, 0.2) is 54.6 Å². The SMILES string of the molecule is CN(C)CCN(C(=O)c1cccc2ccccc12)c1nc2cc3c(cc2s1)OCO3.Cl. The standard InChI is InChI=1S/C23H21N3O3S.ClH/c1-25(2)10-11-26(22(27)17-9-5-7-15-6-3-4-8-16(15)17)23-24-18-12-19-20(29-14-28-19)13-21(18)30-23;/h3-9,12-13H,10-11,14H2,1-2H3;1H. The summed E-state index contributed by atoms with van der Waals surface area (Å²) < 4.78 is 11.9. The van der Waals surface area contributed by atoms with Gasteiger partial charge in [-0.3, -0.25) is 9.69 Å². The number of carbonyl (C=O) groups is 1. The fourth-order valence-electron chi connectivity index (χ4n) is 3.56. The fourth-order valence-corrected chi connectivity index (χ4v) is 4.56. The van der Waals surface area contributed by atoms with E-state index in [1.807, 2.05) is 68.7 Å². The van der Waals surface area contributed by atoms with Crippen LogP contribution in [-0.2, 0) is 0 Å². The molecule has 1 amide bonds. The number of benzene rings is 3. The van der Waals surface area contributed by atoms with Gasteiger partial charge in [0.1, 0.15) is 0 Å². The maximum atomic E-state index is 13.7. The monoisotopic (exact) mass is 455 g/mol. The Labute approximate surface area is 190 Å². The lowest BCUT2D eigenvalue weighted by Crippen LogP contribution is -2.36. The highest BCUT2D eigenvalue weighted by Gasteiger charge is 2.24. The highest BCUT2D eigenvalue weighted by molar-refractivity contribution is 7.22. The summed E-state index contributed by atoms with van der Waals surface area (Å²) in [5.41, 5.74) is 1.49. The maximum Gasteiger partial charge on any atom is 0.260 e. The lowest BCUT2D eigenvalue weighted by Gasteiger charge is -2.22. The molecule has 0 bridgehead atoms. The molecule has 2 heterocycles. The number of amides is 1. The summed E-state index contributed by atoms with van der Waals surface area (Å²) in [7, 11) is 4.00. The Morgan fingerprint density at radius 1 is 1.03 bits per heavy atom. The van der Waals surface area contributed by atoms with Gasteiger partial charge in [-0.15, -0.1) is 12.4 Å². The maximum absolute atomic E-state index is 13.7. The largest absolute Gasteiger partial charge is 0.454 e. The number of ether oxygens (including phenoxy) is 2.